The van der Waals surface area contributed by atoms with E-state index in [1.807, 2.05) is 32.3 Å². The van der Waals surface area contributed by atoms with Gasteiger partial charge in [-0.3, -0.25) is 14.5 Å². The minimum atomic E-state index is -0.149. The van der Waals surface area contributed by atoms with E-state index in [0.29, 0.717) is 22.7 Å². The molecule has 0 atom stereocenters. The van der Waals surface area contributed by atoms with Crippen LogP contribution in [-0.2, 0) is 6.54 Å². The summed E-state index contributed by atoms with van der Waals surface area (Å²) in [5.41, 5.74) is 1.15. The van der Waals surface area contributed by atoms with E-state index >= 15 is 0 Å². The smallest absolute Gasteiger partial charge is 0.277 e. The van der Waals surface area contributed by atoms with Crippen molar-refractivity contribution < 1.29 is 0 Å². The second-order valence-electron chi connectivity index (χ2n) is 4.64. The van der Waals surface area contributed by atoms with Crippen LogP contribution in [-0.4, -0.2) is 24.5 Å². The third kappa shape index (κ3) is 2.37. The van der Waals surface area contributed by atoms with Crippen molar-refractivity contribution in [2.45, 2.75) is 40.3 Å². The highest BCUT2D eigenvalue weighted by Gasteiger charge is 2.16. The monoisotopic (exact) mass is 279 g/mol. The van der Waals surface area contributed by atoms with Gasteiger partial charge in [0.25, 0.3) is 5.56 Å². The summed E-state index contributed by atoms with van der Waals surface area (Å²) in [6.07, 6.45) is 0. The van der Waals surface area contributed by atoms with E-state index in [1.165, 1.54) is 4.68 Å². The quantitative estimate of drug-likeness (QED) is 0.873. The maximum absolute atomic E-state index is 12.3. The molecule has 0 aliphatic heterocycles. The fourth-order valence-electron chi connectivity index (χ4n) is 2.02. The predicted octanol–water partition coefficient (Wildman–Crippen LogP) is 2.07. The van der Waals surface area contributed by atoms with Crippen LogP contribution in [0.3, 0.4) is 0 Å². The van der Waals surface area contributed by atoms with Crippen molar-refractivity contribution in [3.63, 3.8) is 0 Å². The zero-order chi connectivity index (χ0) is 14.2. The van der Waals surface area contributed by atoms with Crippen molar-refractivity contribution in [2.24, 2.45) is 0 Å². The summed E-state index contributed by atoms with van der Waals surface area (Å²) in [6.45, 7) is 8.27. The van der Waals surface area contributed by atoms with Crippen LogP contribution < -0.4 is 5.56 Å². The lowest BCUT2D eigenvalue weighted by Crippen LogP contribution is -2.25. The third-order valence-electron chi connectivity index (χ3n) is 2.86. The largest absolute Gasteiger partial charge is 0.297 e. The fourth-order valence-corrected chi connectivity index (χ4v) is 2.37. The first-order chi connectivity index (χ1) is 8.95. The number of H-pyrrole nitrogens is 1. The van der Waals surface area contributed by atoms with E-state index in [1.54, 1.807) is 6.07 Å². The number of rotatable bonds is 3. The molecule has 1 N–H and O–H groups in total. The Morgan fingerprint density at radius 2 is 2.16 bits per heavy atom. The average molecular weight is 279 g/mol. The zero-order valence-corrected chi connectivity index (χ0v) is 12.3. The van der Waals surface area contributed by atoms with Crippen LogP contribution in [0.25, 0.3) is 11.4 Å². The lowest BCUT2D eigenvalue weighted by atomic mass is 10.2. The molecular formula is C12H17N5OS. The van der Waals surface area contributed by atoms with Gasteiger partial charge in [0.1, 0.15) is 0 Å². The van der Waals surface area contributed by atoms with Crippen molar-refractivity contribution in [1.29, 1.82) is 0 Å². The van der Waals surface area contributed by atoms with Gasteiger partial charge in [-0.1, -0.05) is 0 Å². The van der Waals surface area contributed by atoms with E-state index in [4.69, 9.17) is 12.2 Å². The molecule has 0 aliphatic rings. The molecular weight excluding hydrogens is 262 g/mol. The van der Waals surface area contributed by atoms with Crippen LogP contribution in [0.2, 0.25) is 0 Å². The van der Waals surface area contributed by atoms with Gasteiger partial charge >= 0.3 is 0 Å². The SMILES string of the molecule is CCn1nc(C)cc(-c2n[nH]c(=S)n2C(C)C)c1=O. The van der Waals surface area contributed by atoms with E-state index in [-0.39, 0.29) is 11.6 Å². The van der Waals surface area contributed by atoms with Gasteiger partial charge in [-0.05, 0) is 46.0 Å². The highest BCUT2D eigenvalue weighted by atomic mass is 32.1. The summed E-state index contributed by atoms with van der Waals surface area (Å²) in [5.74, 6) is 0.567. The van der Waals surface area contributed by atoms with E-state index in [0.717, 1.165) is 5.69 Å². The van der Waals surface area contributed by atoms with Gasteiger partial charge in [0.15, 0.2) is 10.6 Å². The van der Waals surface area contributed by atoms with Crippen LogP contribution in [0.15, 0.2) is 10.9 Å². The van der Waals surface area contributed by atoms with Gasteiger partial charge in [0.05, 0.1) is 11.3 Å². The molecule has 7 heteroatoms. The predicted molar refractivity (Wildman–Crippen MR) is 75.7 cm³/mol. The summed E-state index contributed by atoms with van der Waals surface area (Å²) in [7, 11) is 0. The highest BCUT2D eigenvalue weighted by Crippen LogP contribution is 2.18. The first kappa shape index (κ1) is 13.7. The molecule has 0 spiro atoms. The van der Waals surface area contributed by atoms with Crippen LogP contribution in [0.4, 0.5) is 0 Å². The molecule has 2 aromatic rings. The van der Waals surface area contributed by atoms with Gasteiger partial charge in [0, 0.05) is 12.6 Å². The number of aryl methyl sites for hydroxylation is 2. The van der Waals surface area contributed by atoms with Crippen LogP contribution >= 0.6 is 12.2 Å². The molecule has 102 valence electrons. The molecule has 2 rings (SSSR count). The Bertz CT molecular complexity index is 710. The first-order valence-electron chi connectivity index (χ1n) is 6.21. The number of nitrogens with one attached hydrogen (secondary N) is 1. The van der Waals surface area contributed by atoms with Crippen molar-refractivity contribution in [3.8, 4) is 11.4 Å². The van der Waals surface area contributed by atoms with E-state index < -0.39 is 0 Å². The third-order valence-corrected chi connectivity index (χ3v) is 3.15. The number of nitrogens with zero attached hydrogens (tertiary/aromatic N) is 4. The molecule has 19 heavy (non-hydrogen) atoms. The Morgan fingerprint density at radius 3 is 2.74 bits per heavy atom. The Morgan fingerprint density at radius 1 is 1.47 bits per heavy atom. The molecule has 2 aromatic heterocycles. The molecule has 0 aliphatic carbocycles. The van der Waals surface area contributed by atoms with Crippen molar-refractivity contribution >= 4 is 12.2 Å². The molecule has 0 saturated heterocycles. The molecule has 0 amide bonds. The molecule has 0 fully saturated rings. The normalized spacial score (nSPS) is 11.2. The highest BCUT2D eigenvalue weighted by molar-refractivity contribution is 7.71. The maximum Gasteiger partial charge on any atom is 0.277 e. The Hall–Kier alpha value is -1.76. The summed E-state index contributed by atoms with van der Waals surface area (Å²) < 4.78 is 3.79. The number of aromatic nitrogens is 5. The zero-order valence-electron chi connectivity index (χ0n) is 11.5. The summed E-state index contributed by atoms with van der Waals surface area (Å²) >= 11 is 5.21. The van der Waals surface area contributed by atoms with E-state index in [9.17, 15) is 4.79 Å². The summed E-state index contributed by atoms with van der Waals surface area (Å²) in [5, 5.41) is 11.1. The maximum atomic E-state index is 12.3. The Balaban J connectivity index is 2.76. The van der Waals surface area contributed by atoms with Crippen molar-refractivity contribution in [2.75, 3.05) is 0 Å². The molecule has 0 unspecified atom stereocenters. The molecule has 0 bridgehead atoms. The van der Waals surface area contributed by atoms with Crippen molar-refractivity contribution in [1.82, 2.24) is 24.5 Å². The molecule has 6 nitrogen and oxygen atoms in total. The average Bonchev–Trinajstić information content (AvgIpc) is 2.73. The number of hydrogen-bond acceptors (Lipinski definition) is 4. The molecule has 0 saturated carbocycles. The first-order valence-corrected chi connectivity index (χ1v) is 6.62. The molecule has 2 heterocycles. The minimum Gasteiger partial charge on any atom is -0.297 e. The van der Waals surface area contributed by atoms with Gasteiger partial charge in [-0.15, -0.1) is 0 Å². The Labute approximate surface area is 116 Å². The van der Waals surface area contributed by atoms with Gasteiger partial charge in [-0.25, -0.2) is 4.68 Å². The van der Waals surface area contributed by atoms with Crippen LogP contribution in [0.1, 0.15) is 32.5 Å². The minimum absolute atomic E-state index is 0.129. The lowest BCUT2D eigenvalue weighted by molar-refractivity contribution is 0.587. The van der Waals surface area contributed by atoms with Gasteiger partial charge in [-0.2, -0.15) is 10.2 Å². The van der Waals surface area contributed by atoms with Gasteiger partial charge < -0.3 is 0 Å². The second-order valence-corrected chi connectivity index (χ2v) is 5.02. The fraction of sp³-hybridized carbons (Fsp3) is 0.500. The number of aromatic amines is 1. The lowest BCUT2D eigenvalue weighted by Gasteiger charge is -2.11. The molecule has 0 aromatic carbocycles. The Kier molecular flexibility index (Phi) is 3.66. The van der Waals surface area contributed by atoms with Crippen LogP contribution in [0, 0.1) is 11.7 Å². The summed E-state index contributed by atoms with van der Waals surface area (Å²) in [6, 6.07) is 1.88. The standard InChI is InChI=1S/C12H17N5OS/c1-5-16-11(18)9(6-8(4)15-16)10-13-14-12(19)17(10)7(2)3/h6-7H,5H2,1-4H3,(H,14,19). The summed E-state index contributed by atoms with van der Waals surface area (Å²) in [4.78, 5) is 12.3. The topological polar surface area (TPSA) is 68.5 Å². The number of hydrogen-bond donors (Lipinski definition) is 1. The molecule has 0 radical (unpaired) electrons. The van der Waals surface area contributed by atoms with Crippen LogP contribution in [0.5, 0.6) is 0 Å². The van der Waals surface area contributed by atoms with E-state index in [2.05, 4.69) is 15.3 Å². The second kappa shape index (κ2) is 5.08. The van der Waals surface area contributed by atoms with Crippen molar-refractivity contribution in [3.05, 3.63) is 26.9 Å². The van der Waals surface area contributed by atoms with Gasteiger partial charge in [0.2, 0.25) is 0 Å².